The second-order valence-corrected chi connectivity index (χ2v) is 8.47. The Morgan fingerprint density at radius 1 is 1.06 bits per heavy atom. The van der Waals surface area contributed by atoms with Gasteiger partial charge in [0.25, 0.3) is 0 Å². The largest absolute Gasteiger partial charge is 0.489 e. The first-order valence-electron chi connectivity index (χ1n) is 11.5. The number of nitrogens with zero attached hydrogens (tertiary/aromatic N) is 1. The predicted molar refractivity (Wildman–Crippen MR) is 130 cm³/mol. The highest BCUT2D eigenvalue weighted by molar-refractivity contribution is 5.92. The Bertz CT molecular complexity index is 989. The average molecular weight is 463 g/mol. The zero-order chi connectivity index (χ0) is 24.3. The zero-order valence-corrected chi connectivity index (χ0v) is 19.5. The van der Waals surface area contributed by atoms with E-state index in [0.29, 0.717) is 26.1 Å². The molecular weight excluding hydrogens is 430 g/mol. The summed E-state index contributed by atoms with van der Waals surface area (Å²) in [4.78, 5) is 38.7. The standard InChI is InChI=1S/C27H32N3O4/c1-20(26(28)32)10-15-25(31)29-24(27(33)30-16-6-3-7-17-30)18-21-11-13-23(14-12-21)34-19-22-8-4-2-5-9-22/h2-6,8-9,11-15,20,24H,7,10,16-19H2,1H3,(H2,28,32)(H,29,31). The molecule has 0 saturated heterocycles. The number of hydrogen-bond donors (Lipinski definition) is 2. The van der Waals surface area contributed by atoms with Crippen LogP contribution in [0.3, 0.4) is 0 Å². The smallest absolute Gasteiger partial charge is 0.245 e. The van der Waals surface area contributed by atoms with Crippen molar-refractivity contribution in [2.24, 2.45) is 11.7 Å². The maximum absolute atomic E-state index is 13.2. The summed E-state index contributed by atoms with van der Waals surface area (Å²) in [6, 6.07) is 16.7. The molecule has 7 nitrogen and oxygen atoms in total. The summed E-state index contributed by atoms with van der Waals surface area (Å²) in [5.74, 6) is -0.698. The van der Waals surface area contributed by atoms with Gasteiger partial charge in [0.1, 0.15) is 18.4 Å². The second kappa shape index (κ2) is 12.6. The summed E-state index contributed by atoms with van der Waals surface area (Å²) in [6.07, 6.45) is 6.75. The van der Waals surface area contributed by atoms with Gasteiger partial charge in [-0.25, -0.2) is 0 Å². The number of carbonyl (C=O) groups is 3. The number of rotatable bonds is 11. The fourth-order valence-corrected chi connectivity index (χ4v) is 3.59. The van der Waals surface area contributed by atoms with E-state index in [1.807, 2.05) is 66.7 Å². The quantitative estimate of drug-likeness (QED) is 0.502. The first-order chi connectivity index (χ1) is 16.4. The minimum Gasteiger partial charge on any atom is -0.489 e. The van der Waals surface area contributed by atoms with Crippen LogP contribution in [0.2, 0.25) is 0 Å². The van der Waals surface area contributed by atoms with E-state index in [4.69, 9.17) is 10.5 Å². The van der Waals surface area contributed by atoms with Crippen molar-refractivity contribution in [1.29, 1.82) is 0 Å². The van der Waals surface area contributed by atoms with Crippen LogP contribution in [0.25, 0.3) is 0 Å². The molecule has 0 spiro atoms. The van der Waals surface area contributed by atoms with Crippen LogP contribution >= 0.6 is 0 Å². The van der Waals surface area contributed by atoms with Gasteiger partial charge in [-0.05, 0) is 36.1 Å². The third-order valence-corrected chi connectivity index (χ3v) is 5.74. The van der Waals surface area contributed by atoms with Crippen LogP contribution in [0.5, 0.6) is 5.75 Å². The molecule has 3 N–H and O–H groups in total. The summed E-state index contributed by atoms with van der Waals surface area (Å²) in [5, 5.41) is 2.82. The summed E-state index contributed by atoms with van der Waals surface area (Å²) >= 11 is 0. The molecule has 2 unspecified atom stereocenters. The van der Waals surface area contributed by atoms with E-state index < -0.39 is 17.9 Å². The number of primary amides is 1. The summed E-state index contributed by atoms with van der Waals surface area (Å²) < 4.78 is 5.84. The first kappa shape index (κ1) is 25.0. The van der Waals surface area contributed by atoms with Gasteiger partial charge >= 0.3 is 0 Å². The number of nitrogens with two attached hydrogens (primary N) is 1. The molecule has 2 aromatic carbocycles. The Morgan fingerprint density at radius 2 is 1.79 bits per heavy atom. The highest BCUT2D eigenvalue weighted by Gasteiger charge is 2.26. The zero-order valence-electron chi connectivity index (χ0n) is 19.5. The van der Waals surface area contributed by atoms with E-state index in [-0.39, 0.29) is 18.2 Å². The molecule has 2 atom stereocenters. The van der Waals surface area contributed by atoms with Gasteiger partial charge in [-0.2, -0.15) is 0 Å². The number of hydrogen-bond acceptors (Lipinski definition) is 4. The fourth-order valence-electron chi connectivity index (χ4n) is 3.59. The molecule has 1 aliphatic heterocycles. The highest BCUT2D eigenvalue weighted by Crippen LogP contribution is 2.17. The van der Waals surface area contributed by atoms with Gasteiger partial charge in [0.05, 0.1) is 6.42 Å². The summed E-state index contributed by atoms with van der Waals surface area (Å²) in [5.41, 5.74) is 7.26. The Hall–Kier alpha value is -3.61. The molecule has 0 fully saturated rings. The average Bonchev–Trinajstić information content (AvgIpc) is 2.87. The maximum atomic E-state index is 13.2. The number of ether oxygens (including phenoxy) is 1. The van der Waals surface area contributed by atoms with Crippen molar-refractivity contribution >= 4 is 17.7 Å². The lowest BCUT2D eigenvalue weighted by atomic mass is 10.0. The molecule has 0 bridgehead atoms. The second-order valence-electron chi connectivity index (χ2n) is 8.47. The molecule has 1 aliphatic rings. The molecule has 0 aliphatic carbocycles. The number of benzene rings is 2. The molecule has 3 amide bonds. The lowest BCUT2D eigenvalue weighted by Gasteiger charge is -2.28. The van der Waals surface area contributed by atoms with Gasteiger partial charge in [-0.1, -0.05) is 61.5 Å². The van der Waals surface area contributed by atoms with E-state index >= 15 is 0 Å². The van der Waals surface area contributed by atoms with Crippen molar-refractivity contribution < 1.29 is 19.1 Å². The lowest BCUT2D eigenvalue weighted by Crippen LogP contribution is -2.50. The van der Waals surface area contributed by atoms with Gasteiger partial charge < -0.3 is 20.7 Å². The first-order valence-corrected chi connectivity index (χ1v) is 11.5. The van der Waals surface area contributed by atoms with E-state index in [9.17, 15) is 14.4 Å². The molecule has 7 heteroatoms. The number of carbonyl (C=O) groups excluding carboxylic acids is 3. The van der Waals surface area contributed by atoms with E-state index in [2.05, 4.69) is 5.32 Å². The number of nitrogens with one attached hydrogen (secondary N) is 1. The van der Waals surface area contributed by atoms with Crippen LogP contribution in [-0.2, 0) is 27.4 Å². The Morgan fingerprint density at radius 3 is 2.44 bits per heavy atom. The van der Waals surface area contributed by atoms with Crippen molar-refractivity contribution in [3.63, 3.8) is 0 Å². The van der Waals surface area contributed by atoms with Crippen molar-refractivity contribution in [3.8, 4) is 5.75 Å². The van der Waals surface area contributed by atoms with Crippen LogP contribution in [-0.4, -0.2) is 41.8 Å². The van der Waals surface area contributed by atoms with Crippen LogP contribution in [0.4, 0.5) is 0 Å². The van der Waals surface area contributed by atoms with Crippen LogP contribution in [0.15, 0.2) is 66.7 Å². The van der Waals surface area contributed by atoms with Gasteiger partial charge in [0, 0.05) is 25.4 Å². The fraction of sp³-hybridized carbons (Fsp3) is 0.333. The van der Waals surface area contributed by atoms with Gasteiger partial charge in [-0.15, -0.1) is 0 Å². The van der Waals surface area contributed by atoms with E-state index in [1.165, 1.54) is 6.42 Å². The molecule has 2 aromatic rings. The molecule has 0 aromatic heterocycles. The Kier molecular flexibility index (Phi) is 9.26. The minimum absolute atomic E-state index is 0.126. The van der Waals surface area contributed by atoms with Gasteiger partial charge in [-0.3, -0.25) is 14.4 Å². The highest BCUT2D eigenvalue weighted by atomic mass is 16.5. The normalized spacial score (nSPS) is 14.8. The number of amides is 3. The van der Waals surface area contributed by atoms with Crippen LogP contribution in [0, 0.1) is 12.3 Å². The van der Waals surface area contributed by atoms with Crippen LogP contribution < -0.4 is 15.8 Å². The maximum Gasteiger partial charge on any atom is 0.245 e. The van der Waals surface area contributed by atoms with Crippen molar-refractivity contribution in [2.45, 2.75) is 38.8 Å². The summed E-state index contributed by atoms with van der Waals surface area (Å²) in [7, 11) is 0. The van der Waals surface area contributed by atoms with Crippen molar-refractivity contribution in [1.82, 2.24) is 10.2 Å². The third kappa shape index (κ3) is 7.76. The molecule has 179 valence electrons. The predicted octanol–water partition coefficient (Wildman–Crippen LogP) is 2.80. The molecule has 1 heterocycles. The van der Waals surface area contributed by atoms with E-state index in [0.717, 1.165) is 23.3 Å². The minimum atomic E-state index is -0.713. The molecule has 1 radical (unpaired) electrons. The topological polar surface area (TPSA) is 102 Å². The molecule has 0 saturated carbocycles. The third-order valence-electron chi connectivity index (χ3n) is 5.74. The Balaban J connectivity index is 1.62. The van der Waals surface area contributed by atoms with Crippen molar-refractivity contribution in [3.05, 3.63) is 84.3 Å². The SMILES string of the molecule is CC(C[CH]C(=O)NC(Cc1ccc(OCc2ccccc2)cc1)C(=O)N1CC=CCC1)C(N)=O. The molecule has 34 heavy (non-hydrogen) atoms. The van der Waals surface area contributed by atoms with Crippen LogP contribution in [0.1, 0.15) is 30.9 Å². The molecular formula is C27H32N3O4. The lowest BCUT2D eigenvalue weighted by molar-refractivity contribution is -0.135. The monoisotopic (exact) mass is 462 g/mol. The van der Waals surface area contributed by atoms with E-state index in [1.54, 1.807) is 11.8 Å². The van der Waals surface area contributed by atoms with Crippen molar-refractivity contribution in [2.75, 3.05) is 13.1 Å². The summed E-state index contributed by atoms with van der Waals surface area (Å²) in [6.45, 7) is 3.28. The van der Waals surface area contributed by atoms with Gasteiger partial charge in [0.2, 0.25) is 17.7 Å². The Labute approximate surface area is 201 Å². The van der Waals surface area contributed by atoms with Gasteiger partial charge in [0.15, 0.2) is 0 Å². The molecule has 3 rings (SSSR count).